The smallest absolute Gasteiger partial charge is 0.270 e. The maximum absolute atomic E-state index is 13.1. The number of carbonyl (C=O) groups is 1. The first-order valence-corrected chi connectivity index (χ1v) is 10.2. The Morgan fingerprint density at radius 1 is 0.903 bits per heavy atom. The van der Waals surface area contributed by atoms with Crippen LogP contribution in [-0.4, -0.2) is 43.1 Å². The molecule has 0 unspecified atom stereocenters. The molecule has 0 aliphatic carbocycles. The molecule has 1 heterocycles. The van der Waals surface area contributed by atoms with Crippen LogP contribution in [0.5, 0.6) is 17.2 Å². The number of hydrogen-bond acceptors (Lipinski definition) is 5. The minimum Gasteiger partial charge on any atom is -0.497 e. The van der Waals surface area contributed by atoms with Gasteiger partial charge in [-0.3, -0.25) is 4.79 Å². The lowest BCUT2D eigenvalue weighted by Gasteiger charge is -2.17. The van der Waals surface area contributed by atoms with Gasteiger partial charge in [-0.15, -0.1) is 0 Å². The molecule has 7 nitrogen and oxygen atoms in total. The number of hydrogen-bond donors (Lipinski definition) is 1. The van der Waals surface area contributed by atoms with Gasteiger partial charge in [-0.25, -0.2) is 4.68 Å². The van der Waals surface area contributed by atoms with E-state index >= 15 is 0 Å². The van der Waals surface area contributed by atoms with Crippen LogP contribution in [0.25, 0.3) is 16.9 Å². The number of aromatic nitrogens is 2. The van der Waals surface area contributed by atoms with E-state index in [0.717, 1.165) is 17.0 Å². The van der Waals surface area contributed by atoms with Gasteiger partial charge in [0.05, 0.1) is 32.7 Å². The molecule has 0 saturated heterocycles. The summed E-state index contributed by atoms with van der Waals surface area (Å²) in [6.07, 6.45) is 0. The lowest BCUT2D eigenvalue weighted by molar-refractivity contribution is 0.0922. The second kappa shape index (κ2) is 9.55. The molecule has 0 radical (unpaired) electrons. The highest BCUT2D eigenvalue weighted by atomic mass is 16.5. The molecule has 0 saturated carbocycles. The fraction of sp³-hybridized carbons (Fsp3) is 0.333. The second-order valence-electron chi connectivity index (χ2n) is 7.60. The van der Waals surface area contributed by atoms with Gasteiger partial charge in [-0.1, -0.05) is 13.8 Å². The quantitative estimate of drug-likeness (QED) is 0.583. The molecule has 0 fully saturated rings. The number of amides is 1. The van der Waals surface area contributed by atoms with Crippen molar-refractivity contribution in [1.82, 2.24) is 15.1 Å². The van der Waals surface area contributed by atoms with E-state index in [9.17, 15) is 4.79 Å². The van der Waals surface area contributed by atoms with Crippen LogP contribution in [-0.2, 0) is 0 Å². The summed E-state index contributed by atoms with van der Waals surface area (Å²) in [4.78, 5) is 13.1. The van der Waals surface area contributed by atoms with E-state index < -0.39 is 0 Å². The number of ether oxygens (including phenoxy) is 3. The van der Waals surface area contributed by atoms with E-state index in [1.807, 2.05) is 43.3 Å². The number of benzene rings is 2. The highest BCUT2D eigenvalue weighted by Gasteiger charge is 2.21. The first-order valence-electron chi connectivity index (χ1n) is 10.2. The van der Waals surface area contributed by atoms with Crippen molar-refractivity contribution in [2.45, 2.75) is 26.8 Å². The van der Waals surface area contributed by atoms with Crippen molar-refractivity contribution in [3.8, 4) is 34.2 Å². The third-order valence-corrected chi connectivity index (χ3v) is 5.30. The predicted octanol–water partition coefficient (Wildman–Crippen LogP) is 4.34. The van der Waals surface area contributed by atoms with Crippen LogP contribution >= 0.6 is 0 Å². The first-order chi connectivity index (χ1) is 14.9. The molecular weight excluding hydrogens is 394 g/mol. The Kier molecular flexibility index (Phi) is 6.84. The number of methoxy groups -OCH3 is 3. The van der Waals surface area contributed by atoms with Gasteiger partial charge in [0.2, 0.25) is 0 Å². The summed E-state index contributed by atoms with van der Waals surface area (Å²) < 4.78 is 17.7. The minimum absolute atomic E-state index is 0.0192. The zero-order valence-corrected chi connectivity index (χ0v) is 18.8. The molecule has 3 rings (SSSR count). The zero-order valence-electron chi connectivity index (χ0n) is 18.8. The summed E-state index contributed by atoms with van der Waals surface area (Å²) in [7, 11) is 4.81. The Labute approximate surface area is 182 Å². The molecule has 0 bridgehead atoms. The third kappa shape index (κ3) is 4.82. The van der Waals surface area contributed by atoms with Crippen LogP contribution in [0.3, 0.4) is 0 Å². The van der Waals surface area contributed by atoms with Gasteiger partial charge in [0.1, 0.15) is 22.9 Å². The molecule has 1 atom stereocenters. The van der Waals surface area contributed by atoms with Crippen molar-refractivity contribution < 1.29 is 19.0 Å². The number of rotatable bonds is 8. The zero-order chi connectivity index (χ0) is 22.5. The van der Waals surface area contributed by atoms with Crippen molar-refractivity contribution in [3.05, 3.63) is 54.2 Å². The summed E-state index contributed by atoms with van der Waals surface area (Å²) in [5.41, 5.74) is 2.58. The van der Waals surface area contributed by atoms with Crippen molar-refractivity contribution >= 4 is 5.91 Å². The molecule has 7 heteroatoms. The number of nitrogens with one attached hydrogen (secondary N) is 1. The van der Waals surface area contributed by atoms with Gasteiger partial charge in [0.25, 0.3) is 5.91 Å². The topological polar surface area (TPSA) is 74.6 Å². The monoisotopic (exact) mass is 423 g/mol. The molecule has 164 valence electrons. The molecule has 1 N–H and O–H groups in total. The number of carbonyl (C=O) groups excluding carboxylic acids is 1. The van der Waals surface area contributed by atoms with Crippen LogP contribution in [0, 0.1) is 5.92 Å². The lowest BCUT2D eigenvalue weighted by atomic mass is 10.1. The highest BCUT2D eigenvalue weighted by molar-refractivity contribution is 5.94. The van der Waals surface area contributed by atoms with Gasteiger partial charge < -0.3 is 19.5 Å². The molecule has 2 aromatic carbocycles. The van der Waals surface area contributed by atoms with Crippen LogP contribution in [0.4, 0.5) is 0 Å². The van der Waals surface area contributed by atoms with Crippen LogP contribution in [0.2, 0.25) is 0 Å². The fourth-order valence-corrected chi connectivity index (χ4v) is 3.05. The molecule has 1 amide bonds. The first kappa shape index (κ1) is 22.2. The SMILES string of the molecule is COc1ccc(-n2nc(-c3ccc(OC)cc3OC)cc2C(=O)N[C@@H](C)C(C)C)cc1. The highest BCUT2D eigenvalue weighted by Crippen LogP contribution is 2.33. The second-order valence-corrected chi connectivity index (χ2v) is 7.60. The van der Waals surface area contributed by atoms with E-state index in [4.69, 9.17) is 19.3 Å². The van der Waals surface area contributed by atoms with Crippen molar-refractivity contribution in [1.29, 1.82) is 0 Å². The lowest BCUT2D eigenvalue weighted by Crippen LogP contribution is -2.37. The van der Waals surface area contributed by atoms with Crippen LogP contribution < -0.4 is 19.5 Å². The van der Waals surface area contributed by atoms with Crippen molar-refractivity contribution in [2.75, 3.05) is 21.3 Å². The molecule has 31 heavy (non-hydrogen) atoms. The molecular formula is C24H29N3O4. The normalized spacial score (nSPS) is 11.8. The average Bonchev–Trinajstić information content (AvgIpc) is 3.23. The average molecular weight is 424 g/mol. The summed E-state index contributed by atoms with van der Waals surface area (Å²) >= 11 is 0. The molecule has 3 aromatic rings. The largest absolute Gasteiger partial charge is 0.497 e. The van der Waals surface area contributed by atoms with E-state index in [1.165, 1.54) is 0 Å². The van der Waals surface area contributed by atoms with Gasteiger partial charge in [-0.05, 0) is 55.3 Å². The van der Waals surface area contributed by atoms with Gasteiger partial charge in [0.15, 0.2) is 0 Å². The van der Waals surface area contributed by atoms with Crippen LogP contribution in [0.15, 0.2) is 48.5 Å². The summed E-state index contributed by atoms with van der Waals surface area (Å²) in [6, 6.07) is 14.7. The Bertz CT molecular complexity index is 1040. The summed E-state index contributed by atoms with van der Waals surface area (Å²) in [5, 5.41) is 7.80. The Morgan fingerprint density at radius 2 is 1.55 bits per heavy atom. The fourth-order valence-electron chi connectivity index (χ4n) is 3.05. The molecule has 0 aliphatic heterocycles. The third-order valence-electron chi connectivity index (χ3n) is 5.30. The summed E-state index contributed by atoms with van der Waals surface area (Å²) in [6.45, 7) is 6.13. The van der Waals surface area contributed by atoms with Crippen LogP contribution in [0.1, 0.15) is 31.3 Å². The Morgan fingerprint density at radius 3 is 2.13 bits per heavy atom. The minimum atomic E-state index is -0.191. The van der Waals surface area contributed by atoms with Crippen molar-refractivity contribution in [2.24, 2.45) is 5.92 Å². The maximum Gasteiger partial charge on any atom is 0.270 e. The van der Waals surface area contributed by atoms with Gasteiger partial charge >= 0.3 is 0 Å². The molecule has 0 spiro atoms. The Balaban J connectivity index is 2.10. The predicted molar refractivity (Wildman–Crippen MR) is 120 cm³/mol. The Hall–Kier alpha value is -3.48. The number of nitrogens with zero attached hydrogens (tertiary/aromatic N) is 2. The summed E-state index contributed by atoms with van der Waals surface area (Å²) in [5.74, 6) is 2.14. The van der Waals surface area contributed by atoms with E-state index in [0.29, 0.717) is 28.8 Å². The molecule has 0 aliphatic rings. The maximum atomic E-state index is 13.1. The van der Waals surface area contributed by atoms with E-state index in [2.05, 4.69) is 19.2 Å². The van der Waals surface area contributed by atoms with Crippen molar-refractivity contribution in [3.63, 3.8) is 0 Å². The molecule has 1 aromatic heterocycles. The van der Waals surface area contributed by atoms with E-state index in [1.54, 1.807) is 38.1 Å². The van der Waals surface area contributed by atoms with Gasteiger partial charge in [-0.2, -0.15) is 5.10 Å². The van der Waals surface area contributed by atoms with E-state index in [-0.39, 0.29) is 11.9 Å². The van der Waals surface area contributed by atoms with Gasteiger partial charge in [0, 0.05) is 17.7 Å². The standard InChI is InChI=1S/C24H29N3O4/c1-15(2)16(3)25-24(28)22-14-21(20-12-11-19(30-5)13-23(20)31-6)26-27(22)17-7-9-18(29-4)10-8-17/h7-16H,1-6H3,(H,25,28)/t16-/m0/s1.